The zero-order chi connectivity index (χ0) is 14.8. The van der Waals surface area contributed by atoms with Crippen LogP contribution in [0.4, 0.5) is 13.2 Å². The zero-order valence-electron chi connectivity index (χ0n) is 10.1. The molecule has 0 aliphatic rings. The predicted octanol–water partition coefficient (Wildman–Crippen LogP) is 3.38. The average Bonchev–Trinajstić information content (AvgIpc) is 2.83. The molecular formula is C13H10F3NO3. The van der Waals surface area contributed by atoms with Gasteiger partial charge in [-0.05, 0) is 18.6 Å². The molecule has 0 radical (unpaired) electrons. The van der Waals surface area contributed by atoms with E-state index in [1.165, 1.54) is 18.4 Å². The molecule has 0 saturated heterocycles. The highest BCUT2D eigenvalue weighted by molar-refractivity contribution is 5.68. The van der Waals surface area contributed by atoms with E-state index in [0.717, 1.165) is 12.1 Å². The molecule has 0 saturated carbocycles. The Morgan fingerprint density at radius 2 is 1.90 bits per heavy atom. The minimum atomic E-state index is -4.39. The molecule has 0 bridgehead atoms. The number of hydrogen-bond donors (Lipinski definition) is 1. The molecule has 1 aromatic carbocycles. The first-order valence-corrected chi connectivity index (χ1v) is 5.70. The minimum Gasteiger partial charge on any atom is -0.481 e. The van der Waals surface area contributed by atoms with Crippen molar-refractivity contribution in [3.63, 3.8) is 0 Å². The Morgan fingerprint density at radius 1 is 1.25 bits per heavy atom. The van der Waals surface area contributed by atoms with Crippen molar-refractivity contribution in [3.8, 4) is 11.3 Å². The van der Waals surface area contributed by atoms with Crippen LogP contribution in [0.2, 0.25) is 0 Å². The van der Waals surface area contributed by atoms with Crippen LogP contribution in [0, 0.1) is 0 Å². The maximum absolute atomic E-state index is 12.5. The monoisotopic (exact) mass is 285 g/mol. The van der Waals surface area contributed by atoms with Crippen molar-refractivity contribution in [3.05, 3.63) is 41.7 Å². The second kappa shape index (κ2) is 5.36. The van der Waals surface area contributed by atoms with Crippen molar-refractivity contribution in [2.75, 3.05) is 0 Å². The van der Waals surface area contributed by atoms with Gasteiger partial charge in [0.05, 0.1) is 5.56 Å². The molecule has 0 amide bonds. The molecule has 1 N–H and O–H groups in total. The molecule has 4 nitrogen and oxygen atoms in total. The highest BCUT2D eigenvalue weighted by Crippen LogP contribution is 2.31. The number of carbonyl (C=O) groups is 1. The maximum Gasteiger partial charge on any atom is 0.416 e. The second-order valence-electron chi connectivity index (χ2n) is 4.16. The summed E-state index contributed by atoms with van der Waals surface area (Å²) in [5, 5.41) is 12.3. The van der Waals surface area contributed by atoms with E-state index in [-0.39, 0.29) is 12.8 Å². The van der Waals surface area contributed by atoms with Crippen LogP contribution < -0.4 is 0 Å². The number of nitrogens with zero attached hydrogens (tertiary/aromatic N) is 1. The van der Waals surface area contributed by atoms with Crippen LogP contribution in [0.1, 0.15) is 17.5 Å². The van der Waals surface area contributed by atoms with E-state index in [9.17, 15) is 18.0 Å². The van der Waals surface area contributed by atoms with Gasteiger partial charge in [-0.2, -0.15) is 13.2 Å². The van der Waals surface area contributed by atoms with Crippen LogP contribution in [-0.2, 0) is 17.4 Å². The summed E-state index contributed by atoms with van der Waals surface area (Å²) in [6.45, 7) is 0. The van der Waals surface area contributed by atoms with E-state index >= 15 is 0 Å². The topological polar surface area (TPSA) is 63.3 Å². The standard InChI is InChI=1S/C13H10F3NO3/c14-13(15,16)10-4-1-8(2-5-10)12-9(7-20-17-12)3-6-11(18)19/h1-2,4-5,7H,3,6H2,(H,18,19). The summed E-state index contributed by atoms with van der Waals surface area (Å²) < 4.78 is 42.1. The van der Waals surface area contributed by atoms with E-state index in [2.05, 4.69) is 5.16 Å². The summed E-state index contributed by atoms with van der Waals surface area (Å²) in [4.78, 5) is 10.5. The fraction of sp³-hybridized carbons (Fsp3) is 0.231. The molecule has 7 heteroatoms. The lowest BCUT2D eigenvalue weighted by Crippen LogP contribution is -2.04. The molecule has 20 heavy (non-hydrogen) atoms. The first-order chi connectivity index (χ1) is 9.38. The molecule has 2 aromatic rings. The number of benzene rings is 1. The Bertz CT molecular complexity index is 602. The number of hydrogen-bond acceptors (Lipinski definition) is 3. The fourth-order valence-electron chi connectivity index (χ4n) is 1.73. The molecule has 1 heterocycles. The van der Waals surface area contributed by atoms with E-state index < -0.39 is 17.7 Å². The number of carboxylic acid groups (broad SMARTS) is 1. The Morgan fingerprint density at radius 3 is 2.45 bits per heavy atom. The van der Waals surface area contributed by atoms with E-state index in [0.29, 0.717) is 16.8 Å². The van der Waals surface area contributed by atoms with Gasteiger partial charge >= 0.3 is 12.1 Å². The molecule has 1 aromatic heterocycles. The smallest absolute Gasteiger partial charge is 0.416 e. The van der Waals surface area contributed by atoms with E-state index in [1.807, 2.05) is 0 Å². The van der Waals surface area contributed by atoms with Gasteiger partial charge < -0.3 is 9.63 Å². The summed E-state index contributed by atoms with van der Waals surface area (Å²) in [6, 6.07) is 4.46. The Labute approximate surface area is 111 Å². The van der Waals surface area contributed by atoms with Gasteiger partial charge in [0.25, 0.3) is 0 Å². The van der Waals surface area contributed by atoms with Crippen molar-refractivity contribution in [2.24, 2.45) is 0 Å². The largest absolute Gasteiger partial charge is 0.481 e. The third-order valence-electron chi connectivity index (χ3n) is 2.74. The first kappa shape index (κ1) is 14.1. The molecule has 0 aliphatic heterocycles. The quantitative estimate of drug-likeness (QED) is 0.935. The van der Waals surface area contributed by atoms with Gasteiger partial charge in [-0.1, -0.05) is 17.3 Å². The number of alkyl halides is 3. The van der Waals surface area contributed by atoms with Crippen molar-refractivity contribution in [2.45, 2.75) is 19.0 Å². The Balaban J connectivity index is 2.24. The maximum atomic E-state index is 12.5. The van der Waals surface area contributed by atoms with Crippen LogP contribution in [0.5, 0.6) is 0 Å². The highest BCUT2D eigenvalue weighted by Gasteiger charge is 2.30. The normalized spacial score (nSPS) is 11.6. The lowest BCUT2D eigenvalue weighted by Gasteiger charge is -2.07. The third kappa shape index (κ3) is 3.17. The van der Waals surface area contributed by atoms with Gasteiger partial charge in [-0.15, -0.1) is 0 Å². The second-order valence-corrected chi connectivity index (χ2v) is 4.16. The SMILES string of the molecule is O=C(O)CCc1conc1-c1ccc(C(F)(F)F)cc1. The third-order valence-corrected chi connectivity index (χ3v) is 2.74. The zero-order valence-corrected chi connectivity index (χ0v) is 10.1. The van der Waals surface area contributed by atoms with Crippen LogP contribution >= 0.6 is 0 Å². The van der Waals surface area contributed by atoms with Gasteiger partial charge in [-0.25, -0.2) is 0 Å². The first-order valence-electron chi connectivity index (χ1n) is 5.70. The summed E-state index contributed by atoms with van der Waals surface area (Å²) in [5.41, 5.74) is 0.608. The van der Waals surface area contributed by atoms with E-state index in [4.69, 9.17) is 9.63 Å². The molecular weight excluding hydrogens is 275 g/mol. The molecule has 0 aliphatic carbocycles. The number of aliphatic carboxylic acids is 1. The molecule has 0 fully saturated rings. The lowest BCUT2D eigenvalue weighted by molar-refractivity contribution is -0.138. The fourth-order valence-corrected chi connectivity index (χ4v) is 1.73. The van der Waals surface area contributed by atoms with Crippen LogP contribution in [0.15, 0.2) is 35.1 Å². The minimum absolute atomic E-state index is 0.102. The van der Waals surface area contributed by atoms with Gasteiger partial charge in [0, 0.05) is 17.5 Å². The van der Waals surface area contributed by atoms with E-state index in [1.54, 1.807) is 0 Å². The lowest BCUT2D eigenvalue weighted by atomic mass is 10.0. The molecule has 0 unspecified atom stereocenters. The van der Waals surface area contributed by atoms with Crippen LogP contribution in [0.25, 0.3) is 11.3 Å². The molecule has 2 rings (SSSR count). The summed E-state index contributed by atoms with van der Waals surface area (Å²) in [6.07, 6.45) is -2.99. The average molecular weight is 285 g/mol. The van der Waals surface area contributed by atoms with Crippen LogP contribution in [0.3, 0.4) is 0 Å². The van der Waals surface area contributed by atoms with Gasteiger partial charge in [0.2, 0.25) is 0 Å². The predicted molar refractivity (Wildman–Crippen MR) is 62.9 cm³/mol. The van der Waals surface area contributed by atoms with Crippen molar-refractivity contribution in [1.82, 2.24) is 5.16 Å². The number of aromatic nitrogens is 1. The van der Waals surface area contributed by atoms with Gasteiger partial charge in [0.15, 0.2) is 0 Å². The highest BCUT2D eigenvalue weighted by atomic mass is 19.4. The molecule has 0 atom stereocenters. The number of carboxylic acids is 1. The number of rotatable bonds is 4. The van der Waals surface area contributed by atoms with Crippen molar-refractivity contribution < 1.29 is 27.6 Å². The Kier molecular flexibility index (Phi) is 3.78. The molecule has 106 valence electrons. The summed E-state index contributed by atoms with van der Waals surface area (Å²) >= 11 is 0. The van der Waals surface area contributed by atoms with Crippen molar-refractivity contribution in [1.29, 1.82) is 0 Å². The number of aryl methyl sites for hydroxylation is 1. The van der Waals surface area contributed by atoms with Gasteiger partial charge in [-0.3, -0.25) is 4.79 Å². The molecule has 0 spiro atoms. The summed E-state index contributed by atoms with van der Waals surface area (Å²) in [7, 11) is 0. The van der Waals surface area contributed by atoms with Crippen LogP contribution in [-0.4, -0.2) is 16.2 Å². The van der Waals surface area contributed by atoms with Crippen molar-refractivity contribution >= 4 is 5.97 Å². The summed E-state index contributed by atoms with van der Waals surface area (Å²) in [5.74, 6) is -0.968. The Hall–Kier alpha value is -2.31. The number of halogens is 3. The van der Waals surface area contributed by atoms with Gasteiger partial charge in [0.1, 0.15) is 12.0 Å².